The fourth-order valence-corrected chi connectivity index (χ4v) is 3.51. The van der Waals surface area contributed by atoms with Crippen LogP contribution < -0.4 is 26.2 Å². The van der Waals surface area contributed by atoms with Crippen LogP contribution in [0.2, 0.25) is 0 Å². The summed E-state index contributed by atoms with van der Waals surface area (Å²) in [5.41, 5.74) is 6.85. The lowest BCUT2D eigenvalue weighted by Gasteiger charge is -2.20. The number of aromatic amines is 1. The fourth-order valence-electron chi connectivity index (χ4n) is 3.51. The molecule has 11 heteroatoms. The van der Waals surface area contributed by atoms with E-state index in [4.69, 9.17) is 20.6 Å². The Kier molecular flexibility index (Phi) is 6.76. The number of hydrogen-bond acceptors (Lipinski definition) is 7. The number of rotatable bonds is 9. The molecule has 2 aromatic carbocycles. The smallest absolute Gasteiger partial charge is 0.349 e. The number of anilines is 1. The zero-order valence-electron chi connectivity index (χ0n) is 19.1. The third kappa shape index (κ3) is 4.98. The van der Waals surface area contributed by atoms with Gasteiger partial charge in [0.25, 0.3) is 0 Å². The van der Waals surface area contributed by atoms with Gasteiger partial charge in [0.15, 0.2) is 29.0 Å². The number of methoxy groups -OCH3 is 1. The maximum absolute atomic E-state index is 14.3. The maximum atomic E-state index is 14.3. The van der Waals surface area contributed by atoms with E-state index >= 15 is 0 Å². The van der Waals surface area contributed by atoms with Gasteiger partial charge in [-0.3, -0.25) is 10.4 Å². The minimum atomic E-state index is -0.680. The Balaban J connectivity index is 1.80. The van der Waals surface area contributed by atoms with Gasteiger partial charge < -0.3 is 20.5 Å². The lowest BCUT2D eigenvalue weighted by Crippen LogP contribution is -2.18. The van der Waals surface area contributed by atoms with Gasteiger partial charge in [-0.15, -0.1) is 5.10 Å². The molecule has 0 bridgehead atoms. The van der Waals surface area contributed by atoms with Crippen molar-refractivity contribution >= 4 is 11.5 Å². The van der Waals surface area contributed by atoms with E-state index in [9.17, 15) is 9.18 Å². The number of nitrogens with zero attached hydrogens (tertiary/aromatic N) is 3. The van der Waals surface area contributed by atoms with E-state index < -0.39 is 17.5 Å². The van der Waals surface area contributed by atoms with E-state index in [1.807, 2.05) is 13.0 Å². The number of amidine groups is 1. The summed E-state index contributed by atoms with van der Waals surface area (Å²) >= 11 is 0. The second-order valence-corrected chi connectivity index (χ2v) is 7.45. The molecule has 10 nitrogen and oxygen atoms in total. The fraction of sp³-hybridized carbons (Fsp3) is 0.167. The summed E-state index contributed by atoms with van der Waals surface area (Å²) in [5.74, 6) is 0.348. The van der Waals surface area contributed by atoms with E-state index in [2.05, 4.69) is 20.4 Å². The number of H-pyrrole nitrogens is 1. The monoisotopic (exact) mass is 477 g/mol. The van der Waals surface area contributed by atoms with Crippen LogP contribution in [-0.2, 0) is 0 Å². The van der Waals surface area contributed by atoms with Crippen molar-refractivity contribution in [3.8, 4) is 17.3 Å². The zero-order chi connectivity index (χ0) is 24.9. The van der Waals surface area contributed by atoms with Gasteiger partial charge in [0.05, 0.1) is 13.7 Å². The molecule has 0 spiro atoms. The molecule has 0 radical (unpaired) electrons. The van der Waals surface area contributed by atoms with Crippen LogP contribution in [0.5, 0.6) is 11.5 Å². The zero-order valence-corrected chi connectivity index (χ0v) is 19.1. The minimum absolute atomic E-state index is 0.0509. The van der Waals surface area contributed by atoms with Crippen LogP contribution >= 0.6 is 0 Å². The second-order valence-electron chi connectivity index (χ2n) is 7.45. The number of halogens is 1. The summed E-state index contributed by atoms with van der Waals surface area (Å²) in [5, 5.41) is 15.2. The van der Waals surface area contributed by atoms with Crippen LogP contribution in [0.15, 0.2) is 65.6 Å². The Morgan fingerprint density at radius 2 is 2.00 bits per heavy atom. The van der Waals surface area contributed by atoms with Crippen LogP contribution in [0.3, 0.4) is 0 Å². The molecule has 1 atom stereocenters. The highest BCUT2D eigenvalue weighted by Crippen LogP contribution is 2.33. The van der Waals surface area contributed by atoms with Crippen molar-refractivity contribution in [3.63, 3.8) is 0 Å². The summed E-state index contributed by atoms with van der Waals surface area (Å²) in [6, 6.07) is 14.2. The minimum Gasteiger partial charge on any atom is -0.493 e. The molecule has 0 aliphatic rings. The molecular formula is C24H24FN7O3. The number of nitrogen functional groups attached to an aromatic ring is 1. The highest BCUT2D eigenvalue weighted by molar-refractivity contribution is 5.95. The van der Waals surface area contributed by atoms with E-state index in [-0.39, 0.29) is 17.5 Å². The largest absolute Gasteiger partial charge is 0.493 e. The lowest BCUT2D eigenvalue weighted by molar-refractivity contribution is 0.310. The number of benzene rings is 2. The van der Waals surface area contributed by atoms with Gasteiger partial charge in [-0.25, -0.2) is 14.2 Å². The molecule has 0 aliphatic heterocycles. The molecule has 4 aromatic rings. The molecule has 0 saturated heterocycles. The van der Waals surface area contributed by atoms with E-state index in [1.54, 1.807) is 43.5 Å². The van der Waals surface area contributed by atoms with Crippen molar-refractivity contribution in [2.45, 2.75) is 13.0 Å². The summed E-state index contributed by atoms with van der Waals surface area (Å²) in [4.78, 5) is 19.3. The molecule has 0 saturated carbocycles. The van der Waals surface area contributed by atoms with Crippen LogP contribution in [-0.4, -0.2) is 39.3 Å². The Morgan fingerprint density at radius 1 is 1.23 bits per heavy atom. The predicted octanol–water partition coefficient (Wildman–Crippen LogP) is 2.99. The van der Waals surface area contributed by atoms with Crippen molar-refractivity contribution in [2.75, 3.05) is 19.0 Å². The number of hydrogen-bond donors (Lipinski definition) is 4. The van der Waals surface area contributed by atoms with Crippen molar-refractivity contribution in [3.05, 3.63) is 94.0 Å². The summed E-state index contributed by atoms with van der Waals surface area (Å²) < 4.78 is 26.3. The van der Waals surface area contributed by atoms with E-state index in [1.165, 1.54) is 18.3 Å². The summed E-state index contributed by atoms with van der Waals surface area (Å²) in [6.45, 7) is 2.29. The van der Waals surface area contributed by atoms with Crippen molar-refractivity contribution in [2.24, 2.45) is 5.73 Å². The van der Waals surface area contributed by atoms with Crippen molar-refractivity contribution < 1.29 is 13.9 Å². The highest BCUT2D eigenvalue weighted by atomic mass is 19.1. The molecular weight excluding hydrogens is 453 g/mol. The third-order valence-electron chi connectivity index (χ3n) is 5.18. The third-order valence-corrected chi connectivity index (χ3v) is 5.18. The predicted molar refractivity (Wildman–Crippen MR) is 129 cm³/mol. The Bertz CT molecular complexity index is 1400. The van der Waals surface area contributed by atoms with Crippen LogP contribution in [0, 0.1) is 11.2 Å². The number of aromatic nitrogens is 4. The molecule has 2 aromatic heterocycles. The molecule has 5 N–H and O–H groups in total. The van der Waals surface area contributed by atoms with Crippen LogP contribution in [0.1, 0.15) is 29.9 Å². The average molecular weight is 478 g/mol. The molecule has 1 unspecified atom stereocenters. The molecule has 180 valence electrons. The standard InChI is InChI=1S/C24H24FN7O3/c1-3-35-19-13-15(8-11-18(19)34-2)20(29-16-9-6-14(7-10-16)21(26)27)22-30-24(33)32(31-22)23-17(25)5-4-12-28-23/h4-13,20,29H,3H2,1-2H3,(H3,26,27)(H,30,31,33). The first-order chi connectivity index (χ1) is 16.9. The molecule has 4 rings (SSSR count). The molecule has 0 amide bonds. The van der Waals surface area contributed by atoms with Gasteiger partial charge in [0, 0.05) is 17.4 Å². The molecule has 35 heavy (non-hydrogen) atoms. The van der Waals surface area contributed by atoms with Crippen molar-refractivity contribution in [1.82, 2.24) is 19.7 Å². The maximum Gasteiger partial charge on any atom is 0.349 e. The van der Waals surface area contributed by atoms with E-state index in [0.717, 1.165) is 4.68 Å². The second kappa shape index (κ2) is 10.1. The topological polar surface area (TPSA) is 144 Å². The van der Waals surface area contributed by atoms with Gasteiger partial charge in [0.2, 0.25) is 0 Å². The van der Waals surface area contributed by atoms with Gasteiger partial charge in [0.1, 0.15) is 11.9 Å². The number of nitrogens with two attached hydrogens (primary N) is 1. The molecule has 2 heterocycles. The average Bonchev–Trinajstić information content (AvgIpc) is 3.24. The van der Waals surface area contributed by atoms with Crippen LogP contribution in [0.4, 0.5) is 10.1 Å². The Hall–Kier alpha value is -4.67. The lowest BCUT2D eigenvalue weighted by atomic mass is 10.0. The summed E-state index contributed by atoms with van der Waals surface area (Å²) in [7, 11) is 1.55. The first-order valence-corrected chi connectivity index (χ1v) is 10.7. The first kappa shape index (κ1) is 23.5. The molecule has 0 fully saturated rings. The quantitative estimate of drug-likeness (QED) is 0.214. The van der Waals surface area contributed by atoms with Gasteiger partial charge in [-0.2, -0.15) is 4.68 Å². The van der Waals surface area contributed by atoms with Crippen molar-refractivity contribution in [1.29, 1.82) is 5.41 Å². The van der Waals surface area contributed by atoms with E-state index in [0.29, 0.717) is 34.9 Å². The van der Waals surface area contributed by atoms with Crippen LogP contribution in [0.25, 0.3) is 5.82 Å². The van der Waals surface area contributed by atoms with Gasteiger partial charge in [-0.05, 0) is 61.0 Å². The first-order valence-electron chi connectivity index (χ1n) is 10.7. The van der Waals surface area contributed by atoms with Gasteiger partial charge in [-0.1, -0.05) is 6.07 Å². The highest BCUT2D eigenvalue weighted by Gasteiger charge is 2.23. The molecule has 0 aliphatic carbocycles. The number of ether oxygens (including phenoxy) is 2. The Labute approximate surface area is 200 Å². The number of nitrogens with one attached hydrogen (secondary N) is 3. The number of pyridine rings is 1. The van der Waals surface area contributed by atoms with Gasteiger partial charge >= 0.3 is 5.69 Å². The normalized spacial score (nSPS) is 11.6. The summed E-state index contributed by atoms with van der Waals surface area (Å²) in [6.07, 6.45) is 1.38. The SMILES string of the molecule is CCOc1cc(C(Nc2ccc(C(=N)N)cc2)c2nn(-c3ncccc3F)c(=O)[nH]2)ccc1OC. The Morgan fingerprint density at radius 3 is 2.66 bits per heavy atom.